The lowest BCUT2D eigenvalue weighted by Gasteiger charge is -2.41. The van der Waals surface area contributed by atoms with Gasteiger partial charge in [0, 0.05) is 25.5 Å². The van der Waals surface area contributed by atoms with Crippen molar-refractivity contribution in [3.05, 3.63) is 89.7 Å². The number of piperazine rings is 1. The van der Waals surface area contributed by atoms with Crippen molar-refractivity contribution in [2.24, 2.45) is 7.05 Å². The predicted molar refractivity (Wildman–Crippen MR) is 114 cm³/mol. The first kappa shape index (κ1) is 19.0. The Morgan fingerprint density at radius 1 is 1.00 bits per heavy atom. The average Bonchev–Trinajstić information content (AvgIpc) is 3.16. The number of aryl methyl sites for hydroxylation is 2. The highest BCUT2D eigenvalue weighted by molar-refractivity contribution is 6.01. The molecule has 1 fully saturated rings. The zero-order chi connectivity index (χ0) is 20.4. The molecule has 0 unspecified atom stereocenters. The third-order valence-corrected chi connectivity index (χ3v) is 5.52. The summed E-state index contributed by atoms with van der Waals surface area (Å²) in [6.07, 6.45) is 2.55. The summed E-state index contributed by atoms with van der Waals surface area (Å²) in [7, 11) is 1.85. The number of anilines is 1. The minimum absolute atomic E-state index is 0.0549. The third kappa shape index (κ3) is 3.94. The summed E-state index contributed by atoms with van der Waals surface area (Å²) in [5, 5.41) is 0. The molecule has 0 saturated carbocycles. The monoisotopic (exact) mass is 387 g/mol. The van der Waals surface area contributed by atoms with E-state index in [0.717, 1.165) is 16.8 Å². The fourth-order valence-electron chi connectivity index (χ4n) is 3.87. The van der Waals surface area contributed by atoms with Gasteiger partial charge in [-0.2, -0.15) is 0 Å². The fourth-order valence-corrected chi connectivity index (χ4v) is 3.87. The van der Waals surface area contributed by atoms with Crippen LogP contribution in [0.4, 0.5) is 5.69 Å². The fraction of sp³-hybridized carbons (Fsp3) is 0.250. The zero-order valence-corrected chi connectivity index (χ0v) is 16.8. The molecule has 0 N–H and O–H groups in total. The molecular weight excluding hydrogens is 362 g/mol. The number of amides is 2. The molecule has 5 heteroatoms. The van der Waals surface area contributed by atoms with E-state index >= 15 is 0 Å². The van der Waals surface area contributed by atoms with Gasteiger partial charge in [0.05, 0.1) is 6.04 Å². The van der Waals surface area contributed by atoms with Crippen LogP contribution in [-0.4, -0.2) is 40.4 Å². The maximum Gasteiger partial charge on any atom is 0.271 e. The standard InChI is InChI=1S/C24H25N3O2/c1-18-10-12-20(13-11-18)26-16-21(15-19-7-4-3-5-8-19)27(17-23(26)28)24(29)22-9-6-14-25(22)2/h3-14,21H,15-17H2,1-2H3/t21-/m0/s1. The highest BCUT2D eigenvalue weighted by Gasteiger charge is 2.36. The summed E-state index contributed by atoms with van der Waals surface area (Å²) < 4.78 is 1.80. The van der Waals surface area contributed by atoms with Gasteiger partial charge in [-0.15, -0.1) is 0 Å². The first-order chi connectivity index (χ1) is 14.0. The summed E-state index contributed by atoms with van der Waals surface area (Å²) in [5.41, 5.74) is 3.78. The number of rotatable bonds is 4. The van der Waals surface area contributed by atoms with E-state index in [2.05, 4.69) is 12.1 Å². The summed E-state index contributed by atoms with van der Waals surface area (Å²) in [5.74, 6) is -0.156. The van der Waals surface area contributed by atoms with Crippen molar-refractivity contribution in [3.63, 3.8) is 0 Å². The number of nitrogens with zero attached hydrogens (tertiary/aromatic N) is 3. The first-order valence-corrected chi connectivity index (χ1v) is 9.86. The number of carbonyl (C=O) groups is 2. The number of hydrogen-bond donors (Lipinski definition) is 0. The Bertz CT molecular complexity index is 1010. The Hall–Kier alpha value is -3.34. The number of carbonyl (C=O) groups excluding carboxylic acids is 2. The molecule has 1 aliphatic rings. The van der Waals surface area contributed by atoms with Gasteiger partial charge in [0.15, 0.2) is 0 Å². The highest BCUT2D eigenvalue weighted by Crippen LogP contribution is 2.24. The van der Waals surface area contributed by atoms with Gasteiger partial charge in [-0.3, -0.25) is 9.59 Å². The Labute approximate surface area is 171 Å². The third-order valence-electron chi connectivity index (χ3n) is 5.52. The van der Waals surface area contributed by atoms with Crippen LogP contribution in [0.5, 0.6) is 0 Å². The van der Waals surface area contributed by atoms with Gasteiger partial charge in [0.25, 0.3) is 5.91 Å². The molecule has 0 bridgehead atoms. The van der Waals surface area contributed by atoms with Crippen molar-refractivity contribution in [2.75, 3.05) is 18.0 Å². The van der Waals surface area contributed by atoms with E-state index in [1.165, 1.54) is 0 Å². The van der Waals surface area contributed by atoms with E-state index in [1.807, 2.05) is 73.6 Å². The van der Waals surface area contributed by atoms with Crippen molar-refractivity contribution in [2.45, 2.75) is 19.4 Å². The molecule has 1 atom stereocenters. The van der Waals surface area contributed by atoms with Gasteiger partial charge >= 0.3 is 0 Å². The SMILES string of the molecule is Cc1ccc(N2C[C@H](Cc3ccccc3)N(C(=O)c3cccn3C)CC2=O)cc1. The minimum Gasteiger partial charge on any atom is -0.347 e. The van der Waals surface area contributed by atoms with E-state index in [9.17, 15) is 9.59 Å². The van der Waals surface area contributed by atoms with Crippen LogP contribution >= 0.6 is 0 Å². The molecule has 1 saturated heterocycles. The molecule has 148 valence electrons. The van der Waals surface area contributed by atoms with Gasteiger partial charge in [-0.25, -0.2) is 0 Å². The van der Waals surface area contributed by atoms with Crippen LogP contribution < -0.4 is 4.90 Å². The maximum absolute atomic E-state index is 13.3. The van der Waals surface area contributed by atoms with Crippen LogP contribution in [0.25, 0.3) is 0 Å². The van der Waals surface area contributed by atoms with Crippen molar-refractivity contribution < 1.29 is 9.59 Å². The normalized spacial score (nSPS) is 16.9. The number of aromatic nitrogens is 1. The van der Waals surface area contributed by atoms with E-state index in [1.54, 1.807) is 15.5 Å². The lowest BCUT2D eigenvalue weighted by atomic mass is 10.0. The molecule has 3 aromatic rings. The number of hydrogen-bond acceptors (Lipinski definition) is 2. The quantitative estimate of drug-likeness (QED) is 0.689. The summed E-state index contributed by atoms with van der Waals surface area (Å²) in [6, 6.07) is 21.7. The summed E-state index contributed by atoms with van der Waals surface area (Å²) >= 11 is 0. The van der Waals surface area contributed by atoms with Crippen molar-refractivity contribution in [3.8, 4) is 0 Å². The molecule has 4 rings (SSSR count). The zero-order valence-electron chi connectivity index (χ0n) is 16.8. The molecule has 2 amide bonds. The molecule has 5 nitrogen and oxygen atoms in total. The second kappa shape index (κ2) is 7.95. The molecule has 0 radical (unpaired) electrons. The van der Waals surface area contributed by atoms with Crippen molar-refractivity contribution in [1.82, 2.24) is 9.47 Å². The Kier molecular flexibility index (Phi) is 5.21. The lowest BCUT2D eigenvalue weighted by molar-refractivity contribution is -0.121. The Morgan fingerprint density at radius 2 is 1.72 bits per heavy atom. The van der Waals surface area contributed by atoms with Gasteiger partial charge in [0.1, 0.15) is 12.2 Å². The lowest BCUT2D eigenvalue weighted by Crippen LogP contribution is -2.59. The highest BCUT2D eigenvalue weighted by atomic mass is 16.2. The molecule has 1 aliphatic heterocycles. The second-order valence-electron chi connectivity index (χ2n) is 7.62. The smallest absolute Gasteiger partial charge is 0.271 e. The van der Waals surface area contributed by atoms with Crippen LogP contribution in [0.2, 0.25) is 0 Å². The maximum atomic E-state index is 13.3. The minimum atomic E-state index is -0.102. The van der Waals surface area contributed by atoms with Crippen LogP contribution in [0.15, 0.2) is 72.9 Å². The number of benzene rings is 2. The molecule has 0 spiro atoms. The molecule has 0 aliphatic carbocycles. The first-order valence-electron chi connectivity index (χ1n) is 9.86. The van der Waals surface area contributed by atoms with Gasteiger partial charge < -0.3 is 14.4 Å². The summed E-state index contributed by atoms with van der Waals surface area (Å²) in [4.78, 5) is 29.8. The van der Waals surface area contributed by atoms with Crippen molar-refractivity contribution >= 4 is 17.5 Å². The average molecular weight is 387 g/mol. The van der Waals surface area contributed by atoms with E-state index in [4.69, 9.17) is 0 Å². The molecular formula is C24H25N3O2. The van der Waals surface area contributed by atoms with Crippen LogP contribution in [0.1, 0.15) is 21.6 Å². The molecule has 2 aromatic carbocycles. The predicted octanol–water partition coefficient (Wildman–Crippen LogP) is 3.43. The van der Waals surface area contributed by atoms with E-state index in [-0.39, 0.29) is 24.4 Å². The molecule has 2 heterocycles. The van der Waals surface area contributed by atoms with Gasteiger partial charge in [-0.05, 0) is 43.2 Å². The van der Waals surface area contributed by atoms with Gasteiger partial charge in [0.2, 0.25) is 5.91 Å². The molecule has 29 heavy (non-hydrogen) atoms. The topological polar surface area (TPSA) is 45.5 Å². The van der Waals surface area contributed by atoms with E-state index in [0.29, 0.717) is 18.7 Å². The largest absolute Gasteiger partial charge is 0.347 e. The van der Waals surface area contributed by atoms with E-state index < -0.39 is 0 Å². The molecule has 1 aromatic heterocycles. The van der Waals surface area contributed by atoms with Crippen LogP contribution in [0.3, 0.4) is 0 Å². The van der Waals surface area contributed by atoms with Crippen LogP contribution in [-0.2, 0) is 18.3 Å². The Morgan fingerprint density at radius 3 is 2.38 bits per heavy atom. The summed E-state index contributed by atoms with van der Waals surface area (Å²) in [6.45, 7) is 2.59. The van der Waals surface area contributed by atoms with Crippen LogP contribution in [0, 0.1) is 6.92 Å². The van der Waals surface area contributed by atoms with Gasteiger partial charge in [-0.1, -0.05) is 48.0 Å². The van der Waals surface area contributed by atoms with Crippen molar-refractivity contribution in [1.29, 1.82) is 0 Å². The second-order valence-corrected chi connectivity index (χ2v) is 7.62. The Balaban J connectivity index is 1.65.